The van der Waals surface area contributed by atoms with Gasteiger partial charge in [0.15, 0.2) is 11.0 Å². The van der Waals surface area contributed by atoms with Crippen molar-refractivity contribution in [3.63, 3.8) is 0 Å². The van der Waals surface area contributed by atoms with Crippen molar-refractivity contribution in [2.75, 3.05) is 25.3 Å². The molecular formula is C27H26FN5O4S. The number of nitrogens with zero attached hydrogens (tertiary/aromatic N) is 3. The molecule has 2 N–H and O–H groups in total. The molecule has 38 heavy (non-hydrogen) atoms. The van der Waals surface area contributed by atoms with Crippen LogP contribution in [-0.4, -0.2) is 46.6 Å². The van der Waals surface area contributed by atoms with Crippen molar-refractivity contribution in [3.05, 3.63) is 90.0 Å². The normalized spacial score (nSPS) is 10.6. The first-order chi connectivity index (χ1) is 18.5. The third kappa shape index (κ3) is 6.88. The summed E-state index contributed by atoms with van der Waals surface area (Å²) in [5.41, 5.74) is 2.00. The van der Waals surface area contributed by atoms with E-state index in [-0.39, 0.29) is 36.4 Å². The number of anilines is 1. The van der Waals surface area contributed by atoms with Crippen LogP contribution in [0.2, 0.25) is 0 Å². The van der Waals surface area contributed by atoms with E-state index in [1.54, 1.807) is 37.0 Å². The highest BCUT2D eigenvalue weighted by atomic mass is 32.2. The molecule has 0 spiro atoms. The second kappa shape index (κ2) is 12.7. The standard InChI is InChI=1S/C27H26FN5O4S/c1-36-21-13-7-18(8-14-21)15-25(34)29-16-24-31-32-27(33(24)22-5-3-4-6-23(22)37-2)38-17-26(35)30-20-11-9-19(28)10-12-20/h3-14H,15-17H2,1-2H3,(H,29,34)(H,30,35). The lowest BCUT2D eigenvalue weighted by molar-refractivity contribution is -0.120. The first-order valence-electron chi connectivity index (χ1n) is 11.6. The number of halogens is 1. The van der Waals surface area contributed by atoms with Gasteiger partial charge in [0.1, 0.15) is 17.3 Å². The van der Waals surface area contributed by atoms with Crippen molar-refractivity contribution in [2.24, 2.45) is 0 Å². The number of ether oxygens (including phenoxy) is 2. The molecule has 0 aliphatic carbocycles. The minimum Gasteiger partial charge on any atom is -0.497 e. The Labute approximate surface area is 223 Å². The molecule has 0 bridgehead atoms. The van der Waals surface area contributed by atoms with Gasteiger partial charge in [-0.15, -0.1) is 10.2 Å². The van der Waals surface area contributed by atoms with Crippen LogP contribution < -0.4 is 20.1 Å². The van der Waals surface area contributed by atoms with Gasteiger partial charge >= 0.3 is 0 Å². The average Bonchev–Trinajstić information content (AvgIpc) is 3.35. The zero-order valence-electron chi connectivity index (χ0n) is 20.8. The Hall–Kier alpha value is -4.38. The maximum Gasteiger partial charge on any atom is 0.234 e. The van der Waals surface area contributed by atoms with Gasteiger partial charge in [0.2, 0.25) is 11.8 Å². The van der Waals surface area contributed by atoms with Crippen molar-refractivity contribution in [2.45, 2.75) is 18.1 Å². The topological polar surface area (TPSA) is 107 Å². The number of para-hydroxylation sites is 2. The summed E-state index contributed by atoms with van der Waals surface area (Å²) in [6.07, 6.45) is 0.192. The van der Waals surface area contributed by atoms with E-state index >= 15 is 0 Å². The first kappa shape index (κ1) is 26.7. The van der Waals surface area contributed by atoms with Crippen LogP contribution in [0.15, 0.2) is 78.0 Å². The lowest BCUT2D eigenvalue weighted by atomic mass is 10.1. The monoisotopic (exact) mass is 535 g/mol. The van der Waals surface area contributed by atoms with Gasteiger partial charge in [-0.2, -0.15) is 0 Å². The molecule has 4 aromatic rings. The molecule has 0 fully saturated rings. The minimum atomic E-state index is -0.383. The Kier molecular flexibility index (Phi) is 8.94. The number of nitrogens with one attached hydrogen (secondary N) is 2. The lowest BCUT2D eigenvalue weighted by Crippen LogP contribution is -2.26. The Morgan fingerprint density at radius 3 is 2.37 bits per heavy atom. The molecule has 0 saturated heterocycles. The summed E-state index contributed by atoms with van der Waals surface area (Å²) in [6.45, 7) is 0.113. The van der Waals surface area contributed by atoms with E-state index in [9.17, 15) is 14.0 Å². The molecule has 0 atom stereocenters. The summed E-state index contributed by atoms with van der Waals surface area (Å²) >= 11 is 1.18. The van der Waals surface area contributed by atoms with Gasteiger partial charge in [-0.1, -0.05) is 36.0 Å². The summed E-state index contributed by atoms with van der Waals surface area (Å²) in [7, 11) is 3.15. The molecule has 196 valence electrons. The van der Waals surface area contributed by atoms with Gasteiger partial charge in [-0.05, 0) is 54.1 Å². The summed E-state index contributed by atoms with van der Waals surface area (Å²) in [4.78, 5) is 25.1. The van der Waals surface area contributed by atoms with Crippen molar-refractivity contribution in [1.82, 2.24) is 20.1 Å². The predicted octanol–water partition coefficient (Wildman–Crippen LogP) is 4.01. The molecule has 0 saturated carbocycles. The Bertz CT molecular complexity index is 1390. The third-order valence-corrected chi connectivity index (χ3v) is 6.38. The fourth-order valence-corrected chi connectivity index (χ4v) is 4.36. The maximum atomic E-state index is 13.1. The second-order valence-electron chi connectivity index (χ2n) is 8.05. The number of hydrogen-bond donors (Lipinski definition) is 2. The third-order valence-electron chi connectivity index (χ3n) is 5.45. The van der Waals surface area contributed by atoms with E-state index in [0.29, 0.717) is 28.1 Å². The fraction of sp³-hybridized carbons (Fsp3) is 0.185. The van der Waals surface area contributed by atoms with Crippen LogP contribution in [0.25, 0.3) is 5.69 Å². The molecule has 2 amide bonds. The molecule has 4 rings (SSSR count). The molecule has 0 aliphatic heterocycles. The summed E-state index contributed by atoms with van der Waals surface area (Å²) in [6, 6.07) is 20.1. The van der Waals surface area contributed by atoms with E-state index in [2.05, 4.69) is 20.8 Å². The van der Waals surface area contributed by atoms with Crippen molar-refractivity contribution in [3.8, 4) is 17.2 Å². The fourth-order valence-electron chi connectivity index (χ4n) is 3.59. The van der Waals surface area contributed by atoms with Crippen molar-refractivity contribution >= 4 is 29.3 Å². The van der Waals surface area contributed by atoms with Crippen molar-refractivity contribution in [1.29, 1.82) is 0 Å². The molecule has 3 aromatic carbocycles. The number of amides is 2. The maximum absolute atomic E-state index is 13.1. The Balaban J connectivity index is 1.48. The van der Waals surface area contributed by atoms with E-state index in [4.69, 9.17) is 9.47 Å². The molecule has 1 heterocycles. The summed E-state index contributed by atoms with van der Waals surface area (Å²) in [5, 5.41) is 14.6. The molecular weight excluding hydrogens is 509 g/mol. The van der Waals surface area contributed by atoms with Crippen LogP contribution in [0.5, 0.6) is 11.5 Å². The van der Waals surface area contributed by atoms with Crippen LogP contribution in [-0.2, 0) is 22.6 Å². The van der Waals surface area contributed by atoms with E-state index in [0.717, 1.165) is 11.3 Å². The molecule has 11 heteroatoms. The van der Waals surface area contributed by atoms with Crippen LogP contribution in [0.1, 0.15) is 11.4 Å². The molecule has 9 nitrogen and oxygen atoms in total. The van der Waals surface area contributed by atoms with E-state index in [1.165, 1.54) is 36.0 Å². The SMILES string of the molecule is COc1ccc(CC(=O)NCc2nnc(SCC(=O)Nc3ccc(F)cc3)n2-c2ccccc2OC)cc1. The number of rotatable bonds is 11. The van der Waals surface area contributed by atoms with Gasteiger partial charge < -0.3 is 20.1 Å². The lowest BCUT2D eigenvalue weighted by Gasteiger charge is -2.14. The predicted molar refractivity (Wildman–Crippen MR) is 142 cm³/mol. The van der Waals surface area contributed by atoms with Crippen LogP contribution in [0.3, 0.4) is 0 Å². The van der Waals surface area contributed by atoms with E-state index < -0.39 is 0 Å². The first-order valence-corrected chi connectivity index (χ1v) is 12.6. The summed E-state index contributed by atoms with van der Waals surface area (Å²) in [5.74, 6) is 0.952. The number of aromatic nitrogens is 3. The van der Waals surface area contributed by atoms with Gasteiger partial charge in [0, 0.05) is 5.69 Å². The van der Waals surface area contributed by atoms with Crippen LogP contribution in [0.4, 0.5) is 10.1 Å². The number of carbonyl (C=O) groups is 2. The molecule has 0 unspecified atom stereocenters. The van der Waals surface area contributed by atoms with E-state index in [1.807, 2.05) is 30.3 Å². The second-order valence-corrected chi connectivity index (χ2v) is 8.99. The molecule has 0 aliphatic rings. The number of benzene rings is 3. The Morgan fingerprint density at radius 1 is 0.921 bits per heavy atom. The highest BCUT2D eigenvalue weighted by molar-refractivity contribution is 7.99. The number of hydrogen-bond acceptors (Lipinski definition) is 7. The van der Waals surface area contributed by atoms with Gasteiger partial charge in [0.05, 0.1) is 38.6 Å². The largest absolute Gasteiger partial charge is 0.497 e. The number of thioether (sulfide) groups is 1. The van der Waals surface area contributed by atoms with Gasteiger partial charge in [0.25, 0.3) is 0 Å². The molecule has 1 aromatic heterocycles. The summed E-state index contributed by atoms with van der Waals surface area (Å²) < 4.78 is 25.6. The molecule has 0 radical (unpaired) electrons. The van der Waals surface area contributed by atoms with Crippen LogP contribution >= 0.6 is 11.8 Å². The van der Waals surface area contributed by atoms with Gasteiger partial charge in [-0.3, -0.25) is 14.2 Å². The number of methoxy groups -OCH3 is 2. The average molecular weight is 536 g/mol. The van der Waals surface area contributed by atoms with Crippen molar-refractivity contribution < 1.29 is 23.5 Å². The highest BCUT2D eigenvalue weighted by Gasteiger charge is 2.19. The highest BCUT2D eigenvalue weighted by Crippen LogP contribution is 2.28. The Morgan fingerprint density at radius 2 is 1.66 bits per heavy atom. The zero-order chi connectivity index (χ0) is 26.9. The smallest absolute Gasteiger partial charge is 0.234 e. The number of carbonyl (C=O) groups excluding carboxylic acids is 2. The zero-order valence-corrected chi connectivity index (χ0v) is 21.6. The van der Waals surface area contributed by atoms with Gasteiger partial charge in [-0.25, -0.2) is 4.39 Å². The van der Waals surface area contributed by atoms with Crippen LogP contribution in [0, 0.1) is 5.82 Å². The quantitative estimate of drug-likeness (QED) is 0.280. The minimum absolute atomic E-state index is 0.0362.